The van der Waals surface area contributed by atoms with Crippen molar-refractivity contribution in [2.24, 2.45) is 5.41 Å². The van der Waals surface area contributed by atoms with Crippen molar-refractivity contribution in [2.45, 2.75) is 46.2 Å². The molecular weight excluding hydrogens is 381 g/mol. The molecule has 162 valence electrons. The monoisotopic (exact) mass is 413 g/mol. The SMILES string of the molecule is CN(Cc1ccccc1)C(=O)NCCC(=O)NC(CC(C)(C)C)c1ccc(F)cc1. The highest BCUT2D eigenvalue weighted by molar-refractivity contribution is 5.78. The highest BCUT2D eigenvalue weighted by Gasteiger charge is 2.22. The summed E-state index contributed by atoms with van der Waals surface area (Å²) in [5.41, 5.74) is 1.89. The van der Waals surface area contributed by atoms with E-state index in [-0.39, 0.29) is 42.2 Å². The third-order valence-corrected chi connectivity index (χ3v) is 4.66. The number of amides is 3. The molecule has 0 heterocycles. The minimum atomic E-state index is -0.304. The van der Waals surface area contributed by atoms with Crippen LogP contribution >= 0.6 is 0 Å². The zero-order valence-corrected chi connectivity index (χ0v) is 18.2. The lowest BCUT2D eigenvalue weighted by Crippen LogP contribution is -2.39. The fraction of sp³-hybridized carbons (Fsp3) is 0.417. The fourth-order valence-electron chi connectivity index (χ4n) is 3.17. The van der Waals surface area contributed by atoms with Gasteiger partial charge in [-0.25, -0.2) is 9.18 Å². The van der Waals surface area contributed by atoms with Gasteiger partial charge < -0.3 is 15.5 Å². The summed E-state index contributed by atoms with van der Waals surface area (Å²) in [5, 5.41) is 5.80. The molecule has 5 nitrogen and oxygen atoms in total. The summed E-state index contributed by atoms with van der Waals surface area (Å²) in [6, 6.07) is 15.5. The van der Waals surface area contributed by atoms with Gasteiger partial charge in [0.05, 0.1) is 6.04 Å². The molecule has 0 aliphatic carbocycles. The van der Waals surface area contributed by atoms with E-state index in [1.165, 1.54) is 12.1 Å². The topological polar surface area (TPSA) is 61.4 Å². The number of hydrogen-bond donors (Lipinski definition) is 2. The Bertz CT molecular complexity index is 817. The summed E-state index contributed by atoms with van der Waals surface area (Å²) in [5.74, 6) is -0.457. The first-order valence-corrected chi connectivity index (χ1v) is 10.2. The molecule has 0 aliphatic rings. The molecule has 2 N–H and O–H groups in total. The van der Waals surface area contributed by atoms with Gasteiger partial charge in [-0.05, 0) is 35.1 Å². The lowest BCUT2D eigenvalue weighted by molar-refractivity contribution is -0.121. The molecule has 0 fully saturated rings. The first-order chi connectivity index (χ1) is 14.1. The Balaban J connectivity index is 1.84. The molecule has 0 aliphatic heterocycles. The molecule has 30 heavy (non-hydrogen) atoms. The van der Waals surface area contributed by atoms with Crippen LogP contribution in [0.15, 0.2) is 54.6 Å². The summed E-state index contributed by atoms with van der Waals surface area (Å²) in [6.07, 6.45) is 0.892. The van der Waals surface area contributed by atoms with Gasteiger partial charge in [0.1, 0.15) is 5.82 Å². The highest BCUT2D eigenvalue weighted by Crippen LogP contribution is 2.29. The summed E-state index contributed by atoms with van der Waals surface area (Å²) >= 11 is 0. The number of carbonyl (C=O) groups is 2. The highest BCUT2D eigenvalue weighted by atomic mass is 19.1. The van der Waals surface area contributed by atoms with E-state index in [4.69, 9.17) is 0 Å². The summed E-state index contributed by atoms with van der Waals surface area (Å²) in [6.45, 7) is 7.03. The Labute approximate surface area is 178 Å². The summed E-state index contributed by atoms with van der Waals surface area (Å²) in [4.78, 5) is 26.3. The van der Waals surface area contributed by atoms with Crippen LogP contribution in [-0.2, 0) is 11.3 Å². The van der Waals surface area contributed by atoms with Crippen LogP contribution in [0.3, 0.4) is 0 Å². The minimum Gasteiger partial charge on any atom is -0.349 e. The Morgan fingerprint density at radius 1 is 1.03 bits per heavy atom. The summed E-state index contributed by atoms with van der Waals surface area (Å²) in [7, 11) is 1.72. The van der Waals surface area contributed by atoms with Crippen LogP contribution in [0.25, 0.3) is 0 Å². The van der Waals surface area contributed by atoms with Crippen LogP contribution in [0.5, 0.6) is 0 Å². The van der Waals surface area contributed by atoms with Crippen LogP contribution in [0.2, 0.25) is 0 Å². The molecule has 0 saturated heterocycles. The van der Waals surface area contributed by atoms with Crippen molar-refractivity contribution in [3.05, 3.63) is 71.5 Å². The maximum absolute atomic E-state index is 13.3. The molecule has 0 spiro atoms. The number of carbonyl (C=O) groups excluding carboxylic acids is 2. The Hall–Kier alpha value is -2.89. The number of nitrogens with one attached hydrogen (secondary N) is 2. The zero-order valence-electron chi connectivity index (χ0n) is 18.2. The quantitative estimate of drug-likeness (QED) is 0.662. The molecular formula is C24H32FN3O2. The smallest absolute Gasteiger partial charge is 0.317 e. The predicted octanol–water partition coefficient (Wildman–Crippen LogP) is 4.65. The number of urea groups is 1. The number of nitrogens with zero attached hydrogens (tertiary/aromatic N) is 1. The first-order valence-electron chi connectivity index (χ1n) is 10.2. The van der Waals surface area contributed by atoms with E-state index in [1.54, 1.807) is 24.1 Å². The predicted molar refractivity (Wildman–Crippen MR) is 117 cm³/mol. The lowest BCUT2D eigenvalue weighted by Gasteiger charge is -2.27. The van der Waals surface area contributed by atoms with Gasteiger partial charge in [-0.15, -0.1) is 0 Å². The van der Waals surface area contributed by atoms with E-state index >= 15 is 0 Å². The molecule has 0 radical (unpaired) electrons. The van der Waals surface area contributed by atoms with Gasteiger partial charge in [0.2, 0.25) is 5.91 Å². The molecule has 2 aromatic carbocycles. The van der Waals surface area contributed by atoms with Gasteiger partial charge in [-0.2, -0.15) is 0 Å². The van der Waals surface area contributed by atoms with Gasteiger partial charge in [-0.1, -0.05) is 63.2 Å². The second-order valence-corrected chi connectivity index (χ2v) is 8.76. The van der Waals surface area contributed by atoms with Gasteiger partial charge in [0, 0.05) is 26.6 Å². The lowest BCUT2D eigenvalue weighted by atomic mass is 9.85. The molecule has 2 rings (SSSR count). The third-order valence-electron chi connectivity index (χ3n) is 4.66. The minimum absolute atomic E-state index is 0.0132. The second-order valence-electron chi connectivity index (χ2n) is 8.76. The molecule has 0 aromatic heterocycles. The summed E-state index contributed by atoms with van der Waals surface area (Å²) < 4.78 is 13.3. The molecule has 3 amide bonds. The van der Waals surface area contributed by atoms with Crippen molar-refractivity contribution in [1.82, 2.24) is 15.5 Å². The maximum Gasteiger partial charge on any atom is 0.317 e. The van der Waals surface area contributed by atoms with Crippen LogP contribution in [0, 0.1) is 11.2 Å². The Kier molecular flexibility index (Phi) is 8.39. The van der Waals surface area contributed by atoms with Crippen molar-refractivity contribution in [3.63, 3.8) is 0 Å². The van der Waals surface area contributed by atoms with Crippen molar-refractivity contribution in [3.8, 4) is 0 Å². The number of hydrogen-bond acceptors (Lipinski definition) is 2. The molecule has 0 bridgehead atoms. The fourth-order valence-corrected chi connectivity index (χ4v) is 3.17. The third kappa shape index (κ3) is 8.23. The Morgan fingerprint density at radius 3 is 2.27 bits per heavy atom. The number of benzene rings is 2. The second kappa shape index (κ2) is 10.8. The van der Waals surface area contributed by atoms with E-state index in [0.29, 0.717) is 6.54 Å². The van der Waals surface area contributed by atoms with Crippen LogP contribution in [0.4, 0.5) is 9.18 Å². The zero-order chi connectivity index (χ0) is 22.1. The van der Waals surface area contributed by atoms with Crippen molar-refractivity contribution in [1.29, 1.82) is 0 Å². The average molecular weight is 414 g/mol. The van der Waals surface area contributed by atoms with Crippen molar-refractivity contribution in [2.75, 3.05) is 13.6 Å². The maximum atomic E-state index is 13.3. The van der Waals surface area contributed by atoms with Gasteiger partial charge in [-0.3, -0.25) is 4.79 Å². The molecule has 2 aromatic rings. The molecule has 6 heteroatoms. The van der Waals surface area contributed by atoms with E-state index in [9.17, 15) is 14.0 Å². The van der Waals surface area contributed by atoms with E-state index in [0.717, 1.165) is 17.5 Å². The van der Waals surface area contributed by atoms with Crippen LogP contribution < -0.4 is 10.6 Å². The first kappa shape index (κ1) is 23.4. The van der Waals surface area contributed by atoms with Crippen LogP contribution in [0.1, 0.15) is 50.8 Å². The van der Waals surface area contributed by atoms with Gasteiger partial charge in [0.25, 0.3) is 0 Å². The molecule has 1 atom stereocenters. The van der Waals surface area contributed by atoms with Gasteiger partial charge in [0.15, 0.2) is 0 Å². The van der Waals surface area contributed by atoms with Crippen molar-refractivity contribution < 1.29 is 14.0 Å². The number of halogens is 1. The molecule has 0 saturated carbocycles. The normalized spacial score (nSPS) is 12.2. The van der Waals surface area contributed by atoms with E-state index in [2.05, 4.69) is 31.4 Å². The van der Waals surface area contributed by atoms with Gasteiger partial charge >= 0.3 is 6.03 Å². The number of rotatable bonds is 8. The van der Waals surface area contributed by atoms with Crippen molar-refractivity contribution >= 4 is 11.9 Å². The standard InChI is InChI=1S/C24H32FN3O2/c1-24(2,3)16-21(19-10-12-20(25)13-11-19)27-22(29)14-15-26-23(30)28(4)17-18-8-6-5-7-9-18/h5-13,21H,14-17H2,1-4H3,(H,26,30)(H,27,29). The van der Waals surface area contributed by atoms with E-state index < -0.39 is 0 Å². The molecule has 1 unspecified atom stereocenters. The van der Waals surface area contributed by atoms with Crippen LogP contribution in [-0.4, -0.2) is 30.4 Å². The van der Waals surface area contributed by atoms with E-state index in [1.807, 2.05) is 30.3 Å². The average Bonchev–Trinajstić information content (AvgIpc) is 2.67. The largest absolute Gasteiger partial charge is 0.349 e. The Morgan fingerprint density at radius 2 is 1.67 bits per heavy atom.